The third-order valence-electron chi connectivity index (χ3n) is 2.55. The molecule has 0 atom stereocenters. The van der Waals surface area contributed by atoms with Gasteiger partial charge in [-0.25, -0.2) is 0 Å². The van der Waals surface area contributed by atoms with E-state index in [1.165, 1.54) is 24.8 Å². The summed E-state index contributed by atoms with van der Waals surface area (Å²) in [6.45, 7) is 9.56. The Morgan fingerprint density at radius 2 is 2.13 bits per heavy atom. The van der Waals surface area contributed by atoms with Gasteiger partial charge < -0.3 is 0 Å². The Hall–Kier alpha value is -1.37. The predicted molar refractivity (Wildman–Crippen MR) is 69.0 cm³/mol. The molecule has 0 aliphatic heterocycles. The number of aliphatic imine (C=N–C) groups is 1. The molecule has 0 fully saturated rings. The lowest BCUT2D eigenvalue weighted by Gasteiger charge is -2.05. The van der Waals surface area contributed by atoms with Gasteiger partial charge in [0.15, 0.2) is 0 Å². The molecular weight excluding hydrogens is 182 g/mol. The van der Waals surface area contributed by atoms with Crippen molar-refractivity contribution in [3.05, 3.63) is 35.9 Å². The Bertz CT molecular complexity index is 339. The van der Waals surface area contributed by atoms with Gasteiger partial charge >= 0.3 is 0 Å². The highest BCUT2D eigenvalue weighted by molar-refractivity contribution is 5.65. The van der Waals surface area contributed by atoms with Crippen molar-refractivity contribution in [1.29, 1.82) is 0 Å². The van der Waals surface area contributed by atoms with Crippen LogP contribution in [0.4, 0.5) is 5.69 Å². The molecule has 1 aromatic rings. The molecular formula is C14H19N. The molecule has 0 heterocycles. The van der Waals surface area contributed by atoms with Crippen LogP contribution in [0.3, 0.4) is 0 Å². The fourth-order valence-corrected chi connectivity index (χ4v) is 1.65. The Balaban J connectivity index is 2.74. The van der Waals surface area contributed by atoms with Crippen LogP contribution < -0.4 is 0 Å². The molecule has 1 aromatic carbocycles. The Morgan fingerprint density at radius 1 is 1.33 bits per heavy atom. The first-order chi connectivity index (χ1) is 7.31. The largest absolute Gasteiger partial charge is 0.264 e. The SMILES string of the molecule is C=Cc1cc(CCCCC)ccc1N=C. The first-order valence-electron chi connectivity index (χ1n) is 5.54. The van der Waals surface area contributed by atoms with E-state index < -0.39 is 0 Å². The Labute approximate surface area is 92.6 Å². The van der Waals surface area contributed by atoms with Gasteiger partial charge in [-0.05, 0) is 42.8 Å². The lowest BCUT2D eigenvalue weighted by atomic mass is 10.0. The van der Waals surface area contributed by atoms with Crippen molar-refractivity contribution in [2.75, 3.05) is 0 Å². The maximum atomic E-state index is 3.96. The van der Waals surface area contributed by atoms with Crippen LogP contribution in [-0.4, -0.2) is 6.72 Å². The molecule has 0 aromatic heterocycles. The van der Waals surface area contributed by atoms with Crippen molar-refractivity contribution in [3.63, 3.8) is 0 Å². The monoisotopic (exact) mass is 201 g/mol. The second kappa shape index (κ2) is 6.18. The van der Waals surface area contributed by atoms with Crippen LogP contribution in [-0.2, 0) is 6.42 Å². The average molecular weight is 201 g/mol. The lowest BCUT2D eigenvalue weighted by molar-refractivity contribution is 0.717. The highest BCUT2D eigenvalue weighted by Gasteiger charge is 1.99. The number of rotatable bonds is 6. The maximum absolute atomic E-state index is 3.96. The van der Waals surface area contributed by atoms with E-state index in [2.05, 4.69) is 37.3 Å². The van der Waals surface area contributed by atoms with Crippen LogP contribution >= 0.6 is 0 Å². The number of nitrogens with zero attached hydrogens (tertiary/aromatic N) is 1. The van der Waals surface area contributed by atoms with E-state index >= 15 is 0 Å². The van der Waals surface area contributed by atoms with Crippen molar-refractivity contribution in [3.8, 4) is 0 Å². The van der Waals surface area contributed by atoms with Crippen LogP contribution in [0.2, 0.25) is 0 Å². The van der Waals surface area contributed by atoms with Crippen molar-refractivity contribution < 1.29 is 0 Å². The van der Waals surface area contributed by atoms with Gasteiger partial charge in [0.1, 0.15) is 0 Å². The van der Waals surface area contributed by atoms with Gasteiger partial charge in [0.2, 0.25) is 0 Å². The van der Waals surface area contributed by atoms with Crippen molar-refractivity contribution >= 4 is 18.5 Å². The molecule has 80 valence electrons. The summed E-state index contributed by atoms with van der Waals surface area (Å²) in [6.07, 6.45) is 6.80. The van der Waals surface area contributed by atoms with Gasteiger partial charge in [-0.2, -0.15) is 0 Å². The zero-order chi connectivity index (χ0) is 11.1. The second-order valence-electron chi connectivity index (χ2n) is 3.71. The summed E-state index contributed by atoms with van der Waals surface area (Å²) in [5.41, 5.74) is 3.37. The van der Waals surface area contributed by atoms with E-state index in [-0.39, 0.29) is 0 Å². The van der Waals surface area contributed by atoms with Crippen LogP contribution in [0, 0.1) is 0 Å². The quantitative estimate of drug-likeness (QED) is 0.478. The fraction of sp³-hybridized carbons (Fsp3) is 0.357. The molecule has 0 spiro atoms. The van der Waals surface area contributed by atoms with E-state index in [0.29, 0.717) is 0 Å². The maximum Gasteiger partial charge on any atom is 0.0694 e. The molecule has 0 aliphatic rings. The molecule has 1 heteroatoms. The molecule has 0 N–H and O–H groups in total. The van der Waals surface area contributed by atoms with Crippen molar-refractivity contribution in [2.24, 2.45) is 4.99 Å². The molecule has 0 bridgehead atoms. The fourth-order valence-electron chi connectivity index (χ4n) is 1.65. The first-order valence-corrected chi connectivity index (χ1v) is 5.54. The summed E-state index contributed by atoms with van der Waals surface area (Å²) < 4.78 is 0. The molecule has 0 aliphatic carbocycles. The van der Waals surface area contributed by atoms with Gasteiger partial charge in [0.25, 0.3) is 0 Å². The highest BCUT2D eigenvalue weighted by atomic mass is 14.7. The third-order valence-corrected chi connectivity index (χ3v) is 2.55. The van der Waals surface area contributed by atoms with Crippen LogP contribution in [0.25, 0.3) is 6.08 Å². The summed E-state index contributed by atoms with van der Waals surface area (Å²) in [7, 11) is 0. The van der Waals surface area contributed by atoms with Crippen LogP contribution in [0.15, 0.2) is 29.8 Å². The minimum absolute atomic E-state index is 0.921. The average Bonchev–Trinajstić information content (AvgIpc) is 2.29. The predicted octanol–water partition coefficient (Wildman–Crippen LogP) is 4.39. The molecule has 0 amide bonds. The molecule has 0 unspecified atom stereocenters. The summed E-state index contributed by atoms with van der Waals surface area (Å²) in [5, 5.41) is 0. The summed E-state index contributed by atoms with van der Waals surface area (Å²) >= 11 is 0. The zero-order valence-corrected chi connectivity index (χ0v) is 9.50. The molecule has 0 saturated carbocycles. The number of hydrogen-bond acceptors (Lipinski definition) is 1. The van der Waals surface area contributed by atoms with Gasteiger partial charge in [0, 0.05) is 0 Å². The van der Waals surface area contributed by atoms with Crippen molar-refractivity contribution in [1.82, 2.24) is 0 Å². The molecule has 0 saturated heterocycles. The van der Waals surface area contributed by atoms with E-state index in [9.17, 15) is 0 Å². The number of aryl methyl sites for hydroxylation is 1. The number of hydrogen-bond donors (Lipinski definition) is 0. The molecule has 1 rings (SSSR count). The normalized spacial score (nSPS) is 9.93. The Kier molecular flexibility index (Phi) is 4.82. The minimum Gasteiger partial charge on any atom is -0.264 e. The van der Waals surface area contributed by atoms with E-state index in [1.807, 2.05) is 12.1 Å². The van der Waals surface area contributed by atoms with Gasteiger partial charge in [-0.1, -0.05) is 38.5 Å². The zero-order valence-electron chi connectivity index (χ0n) is 9.50. The summed E-state index contributed by atoms with van der Waals surface area (Å²) in [5.74, 6) is 0. The van der Waals surface area contributed by atoms with E-state index in [0.717, 1.165) is 17.7 Å². The standard InChI is InChI=1S/C14H19N/c1-4-6-7-8-12-9-10-14(15-3)13(5-2)11-12/h5,9-11H,2-4,6-8H2,1H3. The first kappa shape index (κ1) is 11.7. The molecule has 1 nitrogen and oxygen atoms in total. The third kappa shape index (κ3) is 3.35. The molecule has 0 radical (unpaired) electrons. The topological polar surface area (TPSA) is 12.4 Å². The Morgan fingerprint density at radius 3 is 2.73 bits per heavy atom. The summed E-state index contributed by atoms with van der Waals surface area (Å²) in [6, 6.07) is 6.31. The molecule has 15 heavy (non-hydrogen) atoms. The second-order valence-corrected chi connectivity index (χ2v) is 3.71. The number of unbranched alkanes of at least 4 members (excludes halogenated alkanes) is 2. The highest BCUT2D eigenvalue weighted by Crippen LogP contribution is 2.22. The van der Waals surface area contributed by atoms with E-state index in [4.69, 9.17) is 0 Å². The van der Waals surface area contributed by atoms with Crippen LogP contribution in [0.1, 0.15) is 37.3 Å². The smallest absolute Gasteiger partial charge is 0.0694 e. The van der Waals surface area contributed by atoms with Crippen LogP contribution in [0.5, 0.6) is 0 Å². The van der Waals surface area contributed by atoms with Gasteiger partial charge in [0.05, 0.1) is 5.69 Å². The summed E-state index contributed by atoms with van der Waals surface area (Å²) in [4.78, 5) is 3.96. The van der Waals surface area contributed by atoms with Crippen molar-refractivity contribution in [2.45, 2.75) is 32.6 Å². The minimum atomic E-state index is 0.921. The van der Waals surface area contributed by atoms with E-state index in [1.54, 1.807) is 0 Å². The van der Waals surface area contributed by atoms with Gasteiger partial charge in [-0.15, -0.1) is 0 Å². The van der Waals surface area contributed by atoms with Gasteiger partial charge in [-0.3, -0.25) is 4.99 Å². The number of benzene rings is 1. The lowest BCUT2D eigenvalue weighted by Crippen LogP contribution is -1.86.